The van der Waals surface area contributed by atoms with Gasteiger partial charge in [-0.05, 0) is 100 Å². The van der Waals surface area contributed by atoms with E-state index in [0.29, 0.717) is 18.0 Å². The highest BCUT2D eigenvalue weighted by atomic mass is 16.6. The first kappa shape index (κ1) is 29.3. The maximum atomic E-state index is 13.1. The maximum Gasteiger partial charge on any atom is 0.419 e. The SMILES string of the molecule is COC(=O)c1ccc(C2CC(c3cccnc3)CCN2Cc2c(OC)cc(C)c3c2ccn3C(=O)OC(C)(C)C)cc1. The van der Waals surface area contributed by atoms with Crippen LogP contribution in [0.15, 0.2) is 67.1 Å². The van der Waals surface area contributed by atoms with Crippen molar-refractivity contribution in [3.63, 3.8) is 0 Å². The van der Waals surface area contributed by atoms with Gasteiger partial charge in [-0.3, -0.25) is 14.5 Å². The minimum absolute atomic E-state index is 0.0876. The number of esters is 1. The van der Waals surface area contributed by atoms with Crippen molar-refractivity contribution in [1.29, 1.82) is 0 Å². The van der Waals surface area contributed by atoms with Crippen LogP contribution >= 0.6 is 0 Å². The van der Waals surface area contributed by atoms with E-state index < -0.39 is 11.7 Å². The van der Waals surface area contributed by atoms with E-state index in [9.17, 15) is 9.59 Å². The Balaban J connectivity index is 1.53. The van der Waals surface area contributed by atoms with E-state index >= 15 is 0 Å². The average molecular weight is 570 g/mol. The number of piperidine rings is 1. The molecule has 4 aromatic rings. The van der Waals surface area contributed by atoms with Gasteiger partial charge >= 0.3 is 12.1 Å². The van der Waals surface area contributed by atoms with Gasteiger partial charge in [0.05, 0.1) is 25.3 Å². The molecule has 220 valence electrons. The Bertz CT molecular complexity index is 1570. The Morgan fingerprint density at radius 1 is 1.05 bits per heavy atom. The average Bonchev–Trinajstić information content (AvgIpc) is 3.44. The number of nitrogens with zero attached hydrogens (tertiary/aromatic N) is 3. The zero-order valence-corrected chi connectivity index (χ0v) is 25.2. The molecule has 5 rings (SSSR count). The number of hydrogen-bond acceptors (Lipinski definition) is 7. The van der Waals surface area contributed by atoms with Gasteiger partial charge in [0, 0.05) is 42.1 Å². The minimum Gasteiger partial charge on any atom is -0.496 e. The molecule has 2 atom stereocenters. The van der Waals surface area contributed by atoms with Crippen molar-refractivity contribution in [2.75, 3.05) is 20.8 Å². The van der Waals surface area contributed by atoms with Crippen LogP contribution in [0.4, 0.5) is 4.79 Å². The lowest BCUT2D eigenvalue weighted by atomic mass is 9.83. The molecule has 0 amide bonds. The standard InChI is InChI=1S/C34H39N3O5/c1-22-18-30(40-5)28(27-14-17-37(31(22)27)33(39)42-34(2,3)4)21-36-16-13-25(26-8-7-15-35-20-26)19-29(36)23-9-11-24(12-10-23)32(38)41-6/h7-12,14-15,17-18,20,25,29H,13,16,19,21H2,1-6H3. The van der Waals surface area contributed by atoms with E-state index in [1.54, 1.807) is 24.1 Å². The van der Waals surface area contributed by atoms with Crippen LogP contribution in [0.25, 0.3) is 10.9 Å². The van der Waals surface area contributed by atoms with Crippen LogP contribution in [0.2, 0.25) is 0 Å². The van der Waals surface area contributed by atoms with Crippen molar-refractivity contribution in [1.82, 2.24) is 14.5 Å². The lowest BCUT2D eigenvalue weighted by Crippen LogP contribution is -2.36. The Morgan fingerprint density at radius 2 is 1.81 bits per heavy atom. The third-order valence-corrected chi connectivity index (χ3v) is 7.99. The van der Waals surface area contributed by atoms with E-state index in [-0.39, 0.29) is 12.0 Å². The zero-order chi connectivity index (χ0) is 30.0. The first-order chi connectivity index (χ1) is 20.1. The number of likely N-dealkylation sites (tertiary alicyclic amines) is 1. The number of benzene rings is 2. The van der Waals surface area contributed by atoms with Crippen molar-refractivity contribution in [2.24, 2.45) is 0 Å². The Labute approximate surface area is 247 Å². The van der Waals surface area contributed by atoms with E-state index in [0.717, 1.165) is 52.7 Å². The summed E-state index contributed by atoms with van der Waals surface area (Å²) in [5.74, 6) is 0.793. The first-order valence-electron chi connectivity index (χ1n) is 14.3. The predicted octanol–water partition coefficient (Wildman–Crippen LogP) is 7.04. The normalized spacial score (nSPS) is 17.7. The number of methoxy groups -OCH3 is 2. The quantitative estimate of drug-likeness (QED) is 0.230. The van der Waals surface area contributed by atoms with Crippen LogP contribution in [-0.4, -0.2) is 52.9 Å². The van der Waals surface area contributed by atoms with Crippen LogP contribution in [-0.2, 0) is 16.0 Å². The highest BCUT2D eigenvalue weighted by Crippen LogP contribution is 2.42. The molecule has 0 N–H and O–H groups in total. The van der Waals surface area contributed by atoms with Gasteiger partial charge in [-0.1, -0.05) is 18.2 Å². The molecule has 0 spiro atoms. The van der Waals surface area contributed by atoms with Crippen LogP contribution in [0, 0.1) is 6.92 Å². The van der Waals surface area contributed by atoms with Crippen molar-refractivity contribution in [2.45, 2.75) is 64.6 Å². The number of rotatable bonds is 6. The van der Waals surface area contributed by atoms with Crippen molar-refractivity contribution >= 4 is 23.0 Å². The fraction of sp³-hybridized carbons (Fsp3) is 0.382. The van der Waals surface area contributed by atoms with Crippen molar-refractivity contribution < 1.29 is 23.8 Å². The summed E-state index contributed by atoms with van der Waals surface area (Å²) in [6.45, 7) is 9.07. The molecule has 1 saturated heterocycles. The Morgan fingerprint density at radius 3 is 2.45 bits per heavy atom. The fourth-order valence-corrected chi connectivity index (χ4v) is 6.00. The number of carbonyl (C=O) groups excluding carboxylic acids is 2. The zero-order valence-electron chi connectivity index (χ0n) is 25.2. The van der Waals surface area contributed by atoms with Gasteiger partial charge < -0.3 is 14.2 Å². The van der Waals surface area contributed by atoms with Crippen molar-refractivity contribution in [3.8, 4) is 5.75 Å². The molecule has 0 saturated carbocycles. The number of hydrogen-bond donors (Lipinski definition) is 0. The molecule has 0 aliphatic carbocycles. The monoisotopic (exact) mass is 569 g/mol. The van der Waals surface area contributed by atoms with Gasteiger partial charge in [-0.15, -0.1) is 0 Å². The molecule has 1 aliphatic rings. The molecule has 1 aliphatic heterocycles. The molecule has 42 heavy (non-hydrogen) atoms. The van der Waals surface area contributed by atoms with Gasteiger partial charge in [0.15, 0.2) is 0 Å². The molecule has 1 fully saturated rings. The molecule has 0 bridgehead atoms. The van der Waals surface area contributed by atoms with Gasteiger partial charge in [0.25, 0.3) is 0 Å². The molecule has 2 unspecified atom stereocenters. The number of pyridine rings is 1. The molecular formula is C34H39N3O5. The summed E-state index contributed by atoms with van der Waals surface area (Å²) in [7, 11) is 3.08. The summed E-state index contributed by atoms with van der Waals surface area (Å²) in [5, 5.41) is 0.965. The summed E-state index contributed by atoms with van der Waals surface area (Å²) < 4.78 is 18.1. The fourth-order valence-electron chi connectivity index (χ4n) is 6.00. The van der Waals surface area contributed by atoms with Crippen LogP contribution in [0.1, 0.15) is 78.2 Å². The van der Waals surface area contributed by atoms with E-state index in [4.69, 9.17) is 14.2 Å². The van der Waals surface area contributed by atoms with Crippen LogP contribution < -0.4 is 4.74 Å². The van der Waals surface area contributed by atoms with E-state index in [1.807, 2.05) is 76.4 Å². The second-order valence-corrected chi connectivity index (χ2v) is 11.9. The minimum atomic E-state index is -0.605. The number of ether oxygens (including phenoxy) is 3. The number of aromatic nitrogens is 2. The number of aryl methyl sites for hydroxylation is 1. The topological polar surface area (TPSA) is 82.9 Å². The summed E-state index contributed by atoms with van der Waals surface area (Å²) in [6.07, 6.45) is 7.03. The van der Waals surface area contributed by atoms with Crippen LogP contribution in [0.3, 0.4) is 0 Å². The van der Waals surface area contributed by atoms with Gasteiger partial charge in [-0.2, -0.15) is 0 Å². The highest BCUT2D eigenvalue weighted by Gasteiger charge is 2.32. The lowest BCUT2D eigenvalue weighted by Gasteiger charge is -2.40. The maximum absolute atomic E-state index is 13.1. The number of carbonyl (C=O) groups is 2. The van der Waals surface area contributed by atoms with E-state index in [1.165, 1.54) is 12.7 Å². The Hall–Kier alpha value is -4.17. The van der Waals surface area contributed by atoms with Gasteiger partial charge in [-0.25, -0.2) is 9.59 Å². The van der Waals surface area contributed by atoms with Gasteiger partial charge in [0.1, 0.15) is 11.4 Å². The Kier molecular flexibility index (Phi) is 8.36. The van der Waals surface area contributed by atoms with Gasteiger partial charge in [0.2, 0.25) is 0 Å². The molecule has 2 aromatic heterocycles. The van der Waals surface area contributed by atoms with Crippen LogP contribution in [0.5, 0.6) is 5.75 Å². The summed E-state index contributed by atoms with van der Waals surface area (Å²) in [5.41, 5.74) is 5.07. The molecule has 2 aromatic carbocycles. The third kappa shape index (κ3) is 6.04. The molecule has 0 radical (unpaired) electrons. The highest BCUT2D eigenvalue weighted by molar-refractivity contribution is 5.95. The smallest absolute Gasteiger partial charge is 0.419 e. The predicted molar refractivity (Wildman–Crippen MR) is 162 cm³/mol. The summed E-state index contributed by atoms with van der Waals surface area (Å²) >= 11 is 0. The second kappa shape index (κ2) is 12.0. The molecule has 8 heteroatoms. The molecule has 8 nitrogen and oxygen atoms in total. The largest absolute Gasteiger partial charge is 0.496 e. The number of fused-ring (bicyclic) bond motifs is 1. The molecular weight excluding hydrogens is 530 g/mol. The second-order valence-electron chi connectivity index (χ2n) is 11.9. The van der Waals surface area contributed by atoms with Crippen molar-refractivity contribution in [3.05, 3.63) is 94.9 Å². The van der Waals surface area contributed by atoms with E-state index in [2.05, 4.69) is 16.0 Å². The lowest BCUT2D eigenvalue weighted by molar-refractivity contribution is 0.0542. The first-order valence-corrected chi connectivity index (χ1v) is 14.3. The third-order valence-electron chi connectivity index (χ3n) is 7.99. The summed E-state index contributed by atoms with van der Waals surface area (Å²) in [4.78, 5) is 32.1. The summed E-state index contributed by atoms with van der Waals surface area (Å²) in [6, 6.07) is 15.9. The molecule has 3 heterocycles.